The molecule has 0 bridgehead atoms. The van der Waals surface area contributed by atoms with Gasteiger partial charge in [0.15, 0.2) is 17.5 Å². The minimum absolute atomic E-state index is 0.303. The molecule has 1 unspecified atom stereocenters. The van der Waals surface area contributed by atoms with E-state index >= 15 is 0 Å². The van der Waals surface area contributed by atoms with E-state index in [1.54, 1.807) is 0 Å². The number of thiazole rings is 1. The van der Waals surface area contributed by atoms with Crippen molar-refractivity contribution in [2.45, 2.75) is 6.10 Å². The lowest BCUT2D eigenvalue weighted by Gasteiger charge is -2.10. The first-order chi connectivity index (χ1) is 7.61. The van der Waals surface area contributed by atoms with Crippen molar-refractivity contribution >= 4 is 11.3 Å². The highest BCUT2D eigenvalue weighted by Crippen LogP contribution is 2.28. The van der Waals surface area contributed by atoms with Crippen molar-refractivity contribution in [3.05, 3.63) is 51.7 Å². The predicted molar refractivity (Wildman–Crippen MR) is 52.5 cm³/mol. The van der Waals surface area contributed by atoms with E-state index in [-0.39, 0.29) is 5.56 Å². The third kappa shape index (κ3) is 1.81. The van der Waals surface area contributed by atoms with E-state index in [1.165, 1.54) is 11.7 Å². The minimum Gasteiger partial charge on any atom is -0.383 e. The summed E-state index contributed by atoms with van der Waals surface area (Å²) >= 11 is 1.10. The van der Waals surface area contributed by atoms with Gasteiger partial charge in [-0.2, -0.15) is 0 Å². The van der Waals surface area contributed by atoms with Crippen LogP contribution in [0, 0.1) is 17.5 Å². The lowest BCUT2D eigenvalue weighted by Crippen LogP contribution is -2.04. The number of benzene rings is 1. The Morgan fingerprint density at radius 1 is 1.19 bits per heavy atom. The molecular formula is C10H6F3NOS. The number of nitrogens with zero attached hydrogens (tertiary/aromatic N) is 1. The van der Waals surface area contributed by atoms with Crippen LogP contribution in [0.15, 0.2) is 23.8 Å². The minimum atomic E-state index is -1.58. The van der Waals surface area contributed by atoms with Crippen LogP contribution in [0.2, 0.25) is 0 Å². The van der Waals surface area contributed by atoms with E-state index in [2.05, 4.69) is 4.98 Å². The summed E-state index contributed by atoms with van der Waals surface area (Å²) < 4.78 is 38.9. The Labute approximate surface area is 93.0 Å². The smallest absolute Gasteiger partial charge is 0.194 e. The van der Waals surface area contributed by atoms with Gasteiger partial charge in [0.05, 0.1) is 10.4 Å². The largest absolute Gasteiger partial charge is 0.383 e. The molecule has 1 N–H and O–H groups in total. The molecule has 1 aromatic heterocycles. The summed E-state index contributed by atoms with van der Waals surface area (Å²) in [6.45, 7) is 0. The molecule has 0 amide bonds. The Morgan fingerprint density at radius 2 is 1.94 bits per heavy atom. The summed E-state index contributed by atoms with van der Waals surface area (Å²) in [5.41, 5.74) is 1.15. The molecular weight excluding hydrogens is 239 g/mol. The SMILES string of the molecule is OC(c1cncs1)c1ccc(F)c(F)c1F. The average molecular weight is 245 g/mol. The summed E-state index contributed by atoms with van der Waals surface area (Å²) in [6, 6.07) is 1.79. The maximum absolute atomic E-state index is 13.3. The lowest BCUT2D eigenvalue weighted by atomic mass is 10.1. The van der Waals surface area contributed by atoms with Crippen LogP contribution in [-0.4, -0.2) is 10.1 Å². The van der Waals surface area contributed by atoms with Gasteiger partial charge in [-0.3, -0.25) is 4.98 Å². The van der Waals surface area contributed by atoms with Crippen LogP contribution in [0.4, 0.5) is 13.2 Å². The van der Waals surface area contributed by atoms with Crippen molar-refractivity contribution < 1.29 is 18.3 Å². The van der Waals surface area contributed by atoms with Gasteiger partial charge in [-0.05, 0) is 12.1 Å². The monoisotopic (exact) mass is 245 g/mol. The van der Waals surface area contributed by atoms with Crippen LogP contribution in [0.3, 0.4) is 0 Å². The van der Waals surface area contributed by atoms with Crippen LogP contribution in [0.5, 0.6) is 0 Å². The quantitative estimate of drug-likeness (QED) is 0.825. The summed E-state index contributed by atoms with van der Waals surface area (Å²) in [7, 11) is 0. The Hall–Kier alpha value is -1.40. The molecule has 0 spiro atoms. The molecule has 0 aliphatic carbocycles. The molecule has 1 atom stereocenters. The molecule has 2 nitrogen and oxygen atoms in total. The van der Waals surface area contributed by atoms with Gasteiger partial charge in [0.25, 0.3) is 0 Å². The Bertz CT molecular complexity index is 501. The van der Waals surface area contributed by atoms with Crippen molar-refractivity contribution in [3.63, 3.8) is 0 Å². The maximum Gasteiger partial charge on any atom is 0.194 e. The van der Waals surface area contributed by atoms with Crippen molar-refractivity contribution in [1.29, 1.82) is 0 Å². The van der Waals surface area contributed by atoms with Crippen molar-refractivity contribution in [2.24, 2.45) is 0 Å². The molecule has 2 aromatic rings. The first-order valence-electron chi connectivity index (χ1n) is 4.31. The van der Waals surface area contributed by atoms with Crippen LogP contribution < -0.4 is 0 Å². The predicted octanol–water partition coefficient (Wildman–Crippen LogP) is 2.64. The summed E-state index contributed by atoms with van der Waals surface area (Å²) in [4.78, 5) is 4.07. The molecule has 84 valence electrons. The van der Waals surface area contributed by atoms with E-state index in [9.17, 15) is 18.3 Å². The zero-order valence-corrected chi connectivity index (χ0v) is 8.64. The standard InChI is InChI=1S/C10H6F3NOS/c11-6-2-1-5(8(12)9(6)13)10(15)7-3-14-4-16-7/h1-4,10,15H. The Kier molecular flexibility index (Phi) is 2.93. The molecule has 0 saturated heterocycles. The number of hydrogen-bond acceptors (Lipinski definition) is 3. The fourth-order valence-electron chi connectivity index (χ4n) is 1.27. The second kappa shape index (κ2) is 4.23. The highest BCUT2D eigenvalue weighted by molar-refractivity contribution is 7.09. The Balaban J connectivity index is 2.45. The number of halogens is 3. The van der Waals surface area contributed by atoms with E-state index in [0.717, 1.165) is 23.5 Å². The number of aromatic nitrogens is 1. The second-order valence-electron chi connectivity index (χ2n) is 3.07. The molecule has 2 rings (SSSR count). The van der Waals surface area contributed by atoms with Crippen molar-refractivity contribution in [3.8, 4) is 0 Å². The van der Waals surface area contributed by atoms with E-state index < -0.39 is 23.6 Å². The molecule has 0 radical (unpaired) electrons. The molecule has 1 heterocycles. The van der Waals surface area contributed by atoms with Gasteiger partial charge in [-0.1, -0.05) is 0 Å². The molecule has 6 heteroatoms. The third-order valence-electron chi connectivity index (χ3n) is 2.08. The van der Waals surface area contributed by atoms with Crippen LogP contribution in [-0.2, 0) is 0 Å². The van der Waals surface area contributed by atoms with Crippen LogP contribution in [0.25, 0.3) is 0 Å². The number of aliphatic hydroxyl groups excluding tert-OH is 1. The summed E-state index contributed by atoms with van der Waals surface area (Å²) in [5.74, 6) is -4.24. The molecule has 1 aromatic carbocycles. The molecule has 0 fully saturated rings. The zero-order chi connectivity index (χ0) is 11.7. The first-order valence-corrected chi connectivity index (χ1v) is 5.19. The number of hydrogen-bond donors (Lipinski definition) is 1. The van der Waals surface area contributed by atoms with Gasteiger partial charge in [-0.15, -0.1) is 11.3 Å². The first kappa shape index (κ1) is 11.1. The number of rotatable bonds is 2. The lowest BCUT2D eigenvalue weighted by molar-refractivity contribution is 0.216. The van der Waals surface area contributed by atoms with Gasteiger partial charge < -0.3 is 5.11 Å². The van der Waals surface area contributed by atoms with Crippen molar-refractivity contribution in [1.82, 2.24) is 4.98 Å². The molecule has 0 aliphatic heterocycles. The van der Waals surface area contributed by atoms with Crippen molar-refractivity contribution in [2.75, 3.05) is 0 Å². The summed E-state index contributed by atoms with van der Waals surface area (Å²) in [5, 5.41) is 9.72. The van der Waals surface area contributed by atoms with Crippen LogP contribution >= 0.6 is 11.3 Å². The summed E-state index contributed by atoms with van der Waals surface area (Å²) in [6.07, 6.45) is 0.0124. The van der Waals surface area contributed by atoms with Gasteiger partial charge in [0.2, 0.25) is 0 Å². The topological polar surface area (TPSA) is 33.1 Å². The number of aliphatic hydroxyl groups is 1. The Morgan fingerprint density at radius 3 is 2.56 bits per heavy atom. The van der Waals surface area contributed by atoms with Gasteiger partial charge in [-0.25, -0.2) is 13.2 Å². The highest BCUT2D eigenvalue weighted by Gasteiger charge is 2.21. The van der Waals surface area contributed by atoms with Gasteiger partial charge in [0, 0.05) is 11.8 Å². The van der Waals surface area contributed by atoms with Crippen LogP contribution in [0.1, 0.15) is 16.5 Å². The van der Waals surface area contributed by atoms with Gasteiger partial charge in [0.1, 0.15) is 6.10 Å². The molecule has 0 saturated carbocycles. The second-order valence-corrected chi connectivity index (χ2v) is 3.99. The third-order valence-corrected chi connectivity index (χ3v) is 2.91. The normalized spacial score (nSPS) is 12.8. The maximum atomic E-state index is 13.3. The van der Waals surface area contributed by atoms with Gasteiger partial charge >= 0.3 is 0 Å². The van der Waals surface area contributed by atoms with E-state index in [1.807, 2.05) is 0 Å². The molecule has 16 heavy (non-hydrogen) atoms. The zero-order valence-electron chi connectivity index (χ0n) is 7.82. The fraction of sp³-hybridized carbons (Fsp3) is 0.100. The fourth-order valence-corrected chi connectivity index (χ4v) is 1.89. The molecule has 0 aliphatic rings. The van der Waals surface area contributed by atoms with E-state index in [4.69, 9.17) is 0 Å². The average Bonchev–Trinajstić information content (AvgIpc) is 2.79. The van der Waals surface area contributed by atoms with E-state index in [0.29, 0.717) is 4.88 Å². The highest BCUT2D eigenvalue weighted by atomic mass is 32.1.